The molecule has 7 nitrogen and oxygen atoms in total. The number of rotatable bonds is 6. The summed E-state index contributed by atoms with van der Waals surface area (Å²) in [7, 11) is 1.59. The third-order valence-corrected chi connectivity index (χ3v) is 4.97. The molecule has 0 bridgehead atoms. The molecule has 28 heavy (non-hydrogen) atoms. The number of thioether (sulfide) groups is 1. The SMILES string of the molecule is COc1cccc(C=NN=C2NC(=O)C(CC(=O)Nc3cccc(C)c3)S2)c1. The van der Waals surface area contributed by atoms with Gasteiger partial charge in [0.25, 0.3) is 0 Å². The molecule has 2 aromatic rings. The molecule has 3 rings (SSSR count). The van der Waals surface area contributed by atoms with Crippen LogP contribution in [0.2, 0.25) is 0 Å². The molecule has 2 amide bonds. The van der Waals surface area contributed by atoms with Crippen LogP contribution in [0.4, 0.5) is 5.69 Å². The fourth-order valence-electron chi connectivity index (χ4n) is 2.56. The van der Waals surface area contributed by atoms with E-state index in [0.717, 1.165) is 16.9 Å². The summed E-state index contributed by atoms with van der Waals surface area (Å²) in [5.74, 6) is 0.249. The van der Waals surface area contributed by atoms with Gasteiger partial charge in [0.05, 0.1) is 13.3 Å². The standard InChI is InChI=1S/C20H20N4O3S/c1-13-5-3-7-15(9-13)22-18(25)11-17-19(26)23-20(28-17)24-21-12-14-6-4-8-16(10-14)27-2/h3-10,12,17H,11H2,1-2H3,(H,22,25)(H,23,24,26). The first kappa shape index (κ1) is 19.6. The highest BCUT2D eigenvalue weighted by atomic mass is 32.2. The summed E-state index contributed by atoms with van der Waals surface area (Å²) in [4.78, 5) is 24.3. The largest absolute Gasteiger partial charge is 0.497 e. The van der Waals surface area contributed by atoms with E-state index in [4.69, 9.17) is 4.74 Å². The number of carbonyl (C=O) groups excluding carboxylic acids is 2. The number of ether oxygens (including phenoxy) is 1. The smallest absolute Gasteiger partial charge is 0.240 e. The Kier molecular flexibility index (Phi) is 6.44. The normalized spacial score (nSPS) is 17.7. The zero-order chi connectivity index (χ0) is 19.9. The topological polar surface area (TPSA) is 92.2 Å². The molecule has 8 heteroatoms. The van der Waals surface area contributed by atoms with Gasteiger partial charge in [-0.15, -0.1) is 5.10 Å². The van der Waals surface area contributed by atoms with E-state index >= 15 is 0 Å². The summed E-state index contributed by atoms with van der Waals surface area (Å²) in [5.41, 5.74) is 2.59. The predicted molar refractivity (Wildman–Crippen MR) is 112 cm³/mol. The minimum absolute atomic E-state index is 0.0586. The fourth-order valence-corrected chi connectivity index (χ4v) is 3.48. The minimum atomic E-state index is -0.532. The van der Waals surface area contributed by atoms with Crippen molar-refractivity contribution < 1.29 is 14.3 Å². The number of carbonyl (C=O) groups is 2. The van der Waals surface area contributed by atoms with E-state index in [2.05, 4.69) is 20.8 Å². The molecule has 1 atom stereocenters. The first-order valence-corrected chi connectivity index (χ1v) is 9.50. The van der Waals surface area contributed by atoms with Crippen molar-refractivity contribution in [2.24, 2.45) is 10.2 Å². The molecule has 1 saturated heterocycles. The van der Waals surface area contributed by atoms with Crippen LogP contribution in [0.1, 0.15) is 17.5 Å². The van der Waals surface area contributed by atoms with Gasteiger partial charge in [-0.25, -0.2) is 0 Å². The third-order valence-electron chi connectivity index (χ3n) is 3.90. The number of anilines is 1. The first-order valence-electron chi connectivity index (χ1n) is 8.62. The quantitative estimate of drug-likeness (QED) is 0.580. The van der Waals surface area contributed by atoms with Crippen molar-refractivity contribution in [1.82, 2.24) is 5.32 Å². The molecule has 0 aliphatic carbocycles. The number of benzene rings is 2. The second-order valence-electron chi connectivity index (χ2n) is 6.14. The molecule has 1 heterocycles. The Labute approximate surface area is 167 Å². The third kappa shape index (κ3) is 5.43. The van der Waals surface area contributed by atoms with Crippen LogP contribution < -0.4 is 15.4 Å². The Balaban J connectivity index is 1.56. The average molecular weight is 396 g/mol. The number of hydrogen-bond acceptors (Lipinski definition) is 6. The van der Waals surface area contributed by atoms with Gasteiger partial charge in [-0.1, -0.05) is 36.0 Å². The maximum atomic E-state index is 12.2. The summed E-state index contributed by atoms with van der Waals surface area (Å²) in [5, 5.41) is 13.3. The number of nitrogens with zero attached hydrogens (tertiary/aromatic N) is 2. The summed E-state index contributed by atoms with van der Waals surface area (Å²) in [6, 6.07) is 14.9. The Morgan fingerprint density at radius 2 is 2.11 bits per heavy atom. The Bertz CT molecular complexity index is 943. The van der Waals surface area contributed by atoms with Crippen LogP contribution in [0.25, 0.3) is 0 Å². The number of methoxy groups -OCH3 is 1. The molecule has 1 aliphatic heterocycles. The van der Waals surface area contributed by atoms with Crippen molar-refractivity contribution >= 4 is 40.6 Å². The van der Waals surface area contributed by atoms with Crippen molar-refractivity contribution in [3.05, 3.63) is 59.7 Å². The maximum Gasteiger partial charge on any atom is 0.240 e. The van der Waals surface area contributed by atoms with Gasteiger partial charge >= 0.3 is 0 Å². The highest BCUT2D eigenvalue weighted by molar-refractivity contribution is 8.15. The van der Waals surface area contributed by atoms with Crippen molar-refractivity contribution in [1.29, 1.82) is 0 Å². The molecule has 0 saturated carbocycles. The molecule has 1 aliphatic rings. The fraction of sp³-hybridized carbons (Fsp3) is 0.200. The molecule has 0 radical (unpaired) electrons. The lowest BCUT2D eigenvalue weighted by molar-refractivity contribution is -0.122. The summed E-state index contributed by atoms with van der Waals surface area (Å²) < 4.78 is 5.15. The number of amides is 2. The van der Waals surface area contributed by atoms with E-state index in [1.54, 1.807) is 13.3 Å². The van der Waals surface area contributed by atoms with E-state index in [0.29, 0.717) is 10.9 Å². The van der Waals surface area contributed by atoms with Crippen LogP contribution >= 0.6 is 11.8 Å². The van der Waals surface area contributed by atoms with Crippen LogP contribution in [0.3, 0.4) is 0 Å². The molecular weight excluding hydrogens is 376 g/mol. The van der Waals surface area contributed by atoms with Gasteiger partial charge < -0.3 is 15.4 Å². The van der Waals surface area contributed by atoms with E-state index in [1.807, 2.05) is 55.5 Å². The van der Waals surface area contributed by atoms with Crippen molar-refractivity contribution in [3.8, 4) is 5.75 Å². The summed E-state index contributed by atoms with van der Waals surface area (Å²) in [6.45, 7) is 1.95. The highest BCUT2D eigenvalue weighted by Crippen LogP contribution is 2.23. The van der Waals surface area contributed by atoms with Crippen LogP contribution in [0, 0.1) is 6.92 Å². The van der Waals surface area contributed by atoms with Gasteiger partial charge in [-0.3, -0.25) is 9.59 Å². The second kappa shape index (κ2) is 9.18. The van der Waals surface area contributed by atoms with E-state index < -0.39 is 5.25 Å². The number of aryl methyl sites for hydroxylation is 1. The molecule has 0 spiro atoms. The van der Waals surface area contributed by atoms with Crippen molar-refractivity contribution in [3.63, 3.8) is 0 Å². The predicted octanol–water partition coefficient (Wildman–Crippen LogP) is 2.95. The van der Waals surface area contributed by atoms with Crippen LogP contribution in [0.5, 0.6) is 5.75 Å². The van der Waals surface area contributed by atoms with E-state index in [-0.39, 0.29) is 18.2 Å². The Hall–Kier alpha value is -3.13. The molecule has 0 aromatic heterocycles. The maximum absolute atomic E-state index is 12.2. The van der Waals surface area contributed by atoms with Gasteiger partial charge in [0.15, 0.2) is 5.17 Å². The van der Waals surface area contributed by atoms with Gasteiger partial charge in [0.2, 0.25) is 11.8 Å². The number of nitrogens with one attached hydrogen (secondary N) is 2. The second-order valence-corrected chi connectivity index (χ2v) is 7.34. The molecule has 1 unspecified atom stereocenters. The van der Waals surface area contributed by atoms with Crippen LogP contribution in [-0.4, -0.2) is 35.6 Å². The molecular formula is C20H20N4O3S. The van der Waals surface area contributed by atoms with Crippen LogP contribution in [0.15, 0.2) is 58.7 Å². The Morgan fingerprint density at radius 3 is 2.89 bits per heavy atom. The lowest BCUT2D eigenvalue weighted by atomic mass is 10.2. The average Bonchev–Trinajstić information content (AvgIpc) is 3.01. The Morgan fingerprint density at radius 1 is 1.29 bits per heavy atom. The highest BCUT2D eigenvalue weighted by Gasteiger charge is 2.32. The van der Waals surface area contributed by atoms with Crippen molar-refractivity contribution in [2.45, 2.75) is 18.6 Å². The zero-order valence-corrected chi connectivity index (χ0v) is 16.3. The van der Waals surface area contributed by atoms with Crippen LogP contribution in [-0.2, 0) is 9.59 Å². The lowest BCUT2D eigenvalue weighted by Crippen LogP contribution is -2.28. The number of amidine groups is 1. The van der Waals surface area contributed by atoms with E-state index in [9.17, 15) is 9.59 Å². The first-order chi connectivity index (χ1) is 13.5. The van der Waals surface area contributed by atoms with Crippen molar-refractivity contribution in [2.75, 3.05) is 12.4 Å². The monoisotopic (exact) mass is 396 g/mol. The molecule has 144 valence electrons. The molecule has 2 N–H and O–H groups in total. The summed E-state index contributed by atoms with van der Waals surface area (Å²) in [6.07, 6.45) is 1.63. The number of hydrogen-bond donors (Lipinski definition) is 2. The molecule has 1 fully saturated rings. The molecule has 2 aromatic carbocycles. The van der Waals surface area contributed by atoms with E-state index in [1.165, 1.54) is 11.8 Å². The minimum Gasteiger partial charge on any atom is -0.497 e. The lowest BCUT2D eigenvalue weighted by Gasteiger charge is -2.07. The van der Waals surface area contributed by atoms with Gasteiger partial charge in [0, 0.05) is 12.1 Å². The summed E-state index contributed by atoms with van der Waals surface area (Å²) >= 11 is 1.19. The van der Waals surface area contributed by atoms with Gasteiger partial charge in [-0.2, -0.15) is 5.10 Å². The van der Waals surface area contributed by atoms with Gasteiger partial charge in [0.1, 0.15) is 11.0 Å². The zero-order valence-electron chi connectivity index (χ0n) is 15.5. The van der Waals surface area contributed by atoms with Gasteiger partial charge in [-0.05, 0) is 42.3 Å².